The van der Waals surface area contributed by atoms with Gasteiger partial charge in [0.25, 0.3) is 0 Å². The highest BCUT2D eigenvalue weighted by atomic mass is 16.7. The Kier molecular flexibility index (Phi) is 6.20. The van der Waals surface area contributed by atoms with Crippen LogP contribution in [0.5, 0.6) is 0 Å². The van der Waals surface area contributed by atoms with E-state index in [1.54, 1.807) is 25.2 Å². The third kappa shape index (κ3) is 3.84. The van der Waals surface area contributed by atoms with E-state index in [2.05, 4.69) is 19.9 Å². The molecule has 0 aromatic rings. The number of epoxide rings is 2. The summed E-state index contributed by atoms with van der Waals surface area (Å²) in [4.78, 5) is 26.2. The number of aliphatic hydroxyl groups is 1. The fourth-order valence-electron chi connectivity index (χ4n) is 7.37. The summed E-state index contributed by atoms with van der Waals surface area (Å²) in [5.74, 6) is -0.876. The molecule has 4 fully saturated rings. The maximum Gasteiger partial charge on any atom is 0.338 e. The zero-order valence-electron chi connectivity index (χ0n) is 22.5. The first-order valence-corrected chi connectivity index (χ1v) is 13.7. The first-order chi connectivity index (χ1) is 18.0. The quantitative estimate of drug-likeness (QED) is 0.310. The summed E-state index contributed by atoms with van der Waals surface area (Å²) >= 11 is 0. The molecule has 1 saturated carbocycles. The Morgan fingerprint density at radius 2 is 1.89 bits per heavy atom. The van der Waals surface area contributed by atoms with Crippen LogP contribution in [0.25, 0.3) is 0 Å². The molecule has 0 amide bonds. The molecule has 0 unspecified atom stereocenters. The van der Waals surface area contributed by atoms with Crippen molar-refractivity contribution in [1.29, 1.82) is 0 Å². The smallest absolute Gasteiger partial charge is 0.338 e. The van der Waals surface area contributed by atoms with Crippen molar-refractivity contribution in [2.24, 2.45) is 10.8 Å². The Balaban J connectivity index is 1.35. The monoisotopic (exact) mass is 530 g/mol. The summed E-state index contributed by atoms with van der Waals surface area (Å²) in [6, 6.07) is 0. The maximum atomic E-state index is 13.2. The maximum absolute atomic E-state index is 13.2. The second-order valence-corrected chi connectivity index (χ2v) is 12.2. The minimum absolute atomic E-state index is 0.123. The molecule has 4 aliphatic heterocycles. The first kappa shape index (κ1) is 26.2. The molecule has 38 heavy (non-hydrogen) atoms. The van der Waals surface area contributed by atoms with E-state index >= 15 is 0 Å². The van der Waals surface area contributed by atoms with Gasteiger partial charge in [-0.1, -0.05) is 36.8 Å². The van der Waals surface area contributed by atoms with Gasteiger partial charge < -0.3 is 33.5 Å². The van der Waals surface area contributed by atoms with E-state index in [0.29, 0.717) is 19.4 Å². The molecule has 6 aliphatic rings. The molecular weight excluding hydrogens is 492 g/mol. The Morgan fingerprint density at radius 1 is 1.11 bits per heavy atom. The van der Waals surface area contributed by atoms with Crippen LogP contribution in [0.2, 0.25) is 0 Å². The van der Waals surface area contributed by atoms with Crippen molar-refractivity contribution in [2.75, 3.05) is 19.8 Å². The lowest BCUT2D eigenvalue weighted by Gasteiger charge is -2.58. The molecule has 2 aliphatic carbocycles. The van der Waals surface area contributed by atoms with Gasteiger partial charge in [0.1, 0.15) is 30.0 Å². The Morgan fingerprint density at radius 3 is 2.63 bits per heavy atom. The number of fused-ring (bicyclic) bond motifs is 1. The molecule has 2 spiro atoms. The molecule has 0 aromatic heterocycles. The van der Waals surface area contributed by atoms with E-state index in [1.165, 1.54) is 11.6 Å². The molecule has 9 nitrogen and oxygen atoms in total. The summed E-state index contributed by atoms with van der Waals surface area (Å²) in [6.45, 7) is 8.66. The van der Waals surface area contributed by atoms with Crippen LogP contribution < -0.4 is 0 Å². The van der Waals surface area contributed by atoms with Crippen LogP contribution >= 0.6 is 0 Å². The topological polar surface area (TPSA) is 116 Å². The van der Waals surface area contributed by atoms with Gasteiger partial charge in [-0.05, 0) is 33.6 Å². The van der Waals surface area contributed by atoms with E-state index in [-0.39, 0.29) is 25.4 Å². The number of carbonyl (C=O) groups is 2. The van der Waals surface area contributed by atoms with Crippen molar-refractivity contribution >= 4 is 11.9 Å². The molecule has 0 aromatic carbocycles. The van der Waals surface area contributed by atoms with Gasteiger partial charge in [-0.25, -0.2) is 9.59 Å². The molecule has 9 heteroatoms. The second kappa shape index (κ2) is 8.99. The van der Waals surface area contributed by atoms with E-state index < -0.39 is 58.4 Å². The number of rotatable bonds is 1. The van der Waals surface area contributed by atoms with E-state index in [0.717, 1.165) is 12.8 Å². The zero-order valence-corrected chi connectivity index (χ0v) is 22.5. The summed E-state index contributed by atoms with van der Waals surface area (Å²) in [6.07, 6.45) is 8.08. The lowest BCUT2D eigenvalue weighted by Crippen LogP contribution is -2.66. The average molecular weight is 531 g/mol. The fraction of sp³-hybridized carbons (Fsp3) is 0.724. The first-order valence-electron chi connectivity index (χ1n) is 13.7. The standard InChI is InChI=1S/C29H38O9/c1-17-9-10-28-15-34-25(32)24-26(3,38-24)11-12-33-19(18(2)30)7-5-6-8-23(31)37-20-14-22(36-21(28)13-17)29(16-35-29)27(20,28)4/h5-8,13,18-22,24,30H,9-12,14-16H2,1-4H3/b7-5+,8-6+/t18-,19+,20+,21-,22-,24+,26-,27-,28+,29+/m0/s1. The lowest BCUT2D eigenvalue weighted by atomic mass is 9.51. The summed E-state index contributed by atoms with van der Waals surface area (Å²) in [5.41, 5.74) is -1.25. The van der Waals surface area contributed by atoms with Crippen molar-refractivity contribution in [3.05, 3.63) is 36.0 Å². The Bertz CT molecular complexity index is 1090. The number of hydrogen-bond donors (Lipinski definition) is 1. The second-order valence-electron chi connectivity index (χ2n) is 12.2. The van der Waals surface area contributed by atoms with Crippen molar-refractivity contribution in [1.82, 2.24) is 0 Å². The van der Waals surface area contributed by atoms with Crippen LogP contribution in [0.3, 0.4) is 0 Å². The van der Waals surface area contributed by atoms with Crippen molar-refractivity contribution in [2.45, 2.75) is 101 Å². The van der Waals surface area contributed by atoms with Crippen LogP contribution in [0.15, 0.2) is 36.0 Å². The highest BCUT2D eigenvalue weighted by molar-refractivity contribution is 5.82. The number of cyclic esters (lactones) is 1. The molecule has 1 N–H and O–H groups in total. The summed E-state index contributed by atoms with van der Waals surface area (Å²) in [5, 5.41) is 10.1. The number of ether oxygens (including phenoxy) is 6. The normalized spacial score (nSPS) is 50.8. The van der Waals surface area contributed by atoms with Gasteiger partial charge >= 0.3 is 11.9 Å². The van der Waals surface area contributed by atoms with Crippen molar-refractivity contribution < 1.29 is 43.1 Å². The number of allylic oxidation sites excluding steroid dienone is 3. The van der Waals surface area contributed by atoms with Crippen LogP contribution in [0, 0.1) is 10.8 Å². The van der Waals surface area contributed by atoms with Gasteiger partial charge in [0.05, 0.1) is 36.9 Å². The van der Waals surface area contributed by atoms with Crippen LogP contribution in [-0.4, -0.2) is 84.7 Å². The van der Waals surface area contributed by atoms with Gasteiger partial charge in [-0.2, -0.15) is 0 Å². The average Bonchev–Trinajstić information content (AvgIpc) is 3.77. The number of aliphatic hydroxyl groups excluding tert-OH is 1. The van der Waals surface area contributed by atoms with E-state index in [9.17, 15) is 14.7 Å². The minimum Gasteiger partial charge on any atom is -0.463 e. The lowest BCUT2D eigenvalue weighted by molar-refractivity contribution is -0.233. The van der Waals surface area contributed by atoms with Crippen molar-refractivity contribution in [3.8, 4) is 0 Å². The zero-order chi connectivity index (χ0) is 26.9. The van der Waals surface area contributed by atoms with Gasteiger partial charge in [-0.15, -0.1) is 0 Å². The number of esters is 2. The third-order valence-corrected chi connectivity index (χ3v) is 10.1. The summed E-state index contributed by atoms with van der Waals surface area (Å²) in [7, 11) is 0. The SMILES string of the molecule is CC1=C[C@@H]2O[C@H]3C[C@H]4OC(=O)/C=C/C=C/[C@H]([C@H](C)O)OCC[C@]5(C)O[C@@H]5C(=O)OC[C@@]2(CC1)[C@@]4(C)[C@@]31CO1. The fourth-order valence-corrected chi connectivity index (χ4v) is 7.37. The van der Waals surface area contributed by atoms with Gasteiger partial charge in [0, 0.05) is 24.3 Å². The minimum atomic E-state index is -0.754. The van der Waals surface area contributed by atoms with Crippen LogP contribution in [-0.2, 0) is 38.0 Å². The predicted molar refractivity (Wildman–Crippen MR) is 134 cm³/mol. The van der Waals surface area contributed by atoms with Crippen LogP contribution in [0.4, 0.5) is 0 Å². The van der Waals surface area contributed by atoms with Gasteiger partial charge in [0.2, 0.25) is 0 Å². The van der Waals surface area contributed by atoms with E-state index in [1.807, 2.05) is 6.92 Å². The highest BCUT2D eigenvalue weighted by Gasteiger charge is 2.83. The Labute approximate surface area is 223 Å². The molecule has 208 valence electrons. The molecule has 2 bridgehead atoms. The van der Waals surface area contributed by atoms with Gasteiger partial charge in [-0.3, -0.25) is 0 Å². The van der Waals surface area contributed by atoms with Gasteiger partial charge in [0.15, 0.2) is 6.10 Å². The largest absolute Gasteiger partial charge is 0.463 e. The Hall–Kier alpha value is -2.04. The third-order valence-electron chi connectivity index (χ3n) is 10.1. The molecule has 10 atom stereocenters. The molecule has 6 rings (SSSR count). The molecular formula is C29H38O9. The van der Waals surface area contributed by atoms with E-state index in [4.69, 9.17) is 28.4 Å². The molecule has 0 radical (unpaired) electrons. The molecule has 4 heterocycles. The highest BCUT2D eigenvalue weighted by Crippen LogP contribution is 2.72. The number of carbonyl (C=O) groups excluding carboxylic acids is 2. The van der Waals surface area contributed by atoms with Crippen molar-refractivity contribution in [3.63, 3.8) is 0 Å². The van der Waals surface area contributed by atoms with Crippen LogP contribution in [0.1, 0.15) is 53.4 Å². The number of hydrogen-bond acceptors (Lipinski definition) is 9. The molecule has 3 saturated heterocycles. The predicted octanol–water partition coefficient (Wildman–Crippen LogP) is 2.55. The summed E-state index contributed by atoms with van der Waals surface area (Å²) < 4.78 is 36.6.